The van der Waals surface area contributed by atoms with E-state index in [9.17, 15) is 14.7 Å². The van der Waals surface area contributed by atoms with Gasteiger partial charge in [-0.05, 0) is 38.2 Å². The van der Waals surface area contributed by atoms with Gasteiger partial charge in [0.15, 0.2) is 5.78 Å². The highest BCUT2D eigenvalue weighted by Gasteiger charge is 2.37. The second-order valence-electron chi connectivity index (χ2n) is 7.76. The Morgan fingerprint density at radius 2 is 2.07 bits per heavy atom. The Bertz CT molecular complexity index is 557. The fraction of sp³-hybridized carbons (Fsp3) is 0.739. The van der Waals surface area contributed by atoms with Crippen LogP contribution in [0.25, 0.3) is 0 Å². The molecule has 1 aliphatic carbocycles. The fourth-order valence-electron chi connectivity index (χ4n) is 3.59. The van der Waals surface area contributed by atoms with Gasteiger partial charge in [0.05, 0.1) is 24.2 Å². The second kappa shape index (κ2) is 14.5. The lowest BCUT2D eigenvalue weighted by atomic mass is 9.82. The lowest BCUT2D eigenvalue weighted by molar-refractivity contribution is -0.132. The number of carbonyl (C=O) groups is 2. The third-order valence-corrected chi connectivity index (χ3v) is 5.54. The molecule has 0 aliphatic heterocycles. The summed E-state index contributed by atoms with van der Waals surface area (Å²) < 4.78 is 10.9. The van der Waals surface area contributed by atoms with Crippen LogP contribution in [0.15, 0.2) is 23.8 Å². The van der Waals surface area contributed by atoms with Crippen LogP contribution in [0.1, 0.15) is 65.2 Å². The minimum Gasteiger partial charge on any atom is -0.392 e. The number of carbonyl (C=O) groups excluding carboxylic acids is 2. The fourth-order valence-corrected chi connectivity index (χ4v) is 3.59. The number of rotatable bonds is 14. The number of amides is 1. The van der Waals surface area contributed by atoms with Crippen molar-refractivity contribution >= 4 is 11.7 Å². The molecule has 0 spiro atoms. The molecule has 0 heterocycles. The summed E-state index contributed by atoms with van der Waals surface area (Å²) in [6.45, 7) is 4.15. The lowest BCUT2D eigenvalue weighted by Crippen LogP contribution is -2.47. The van der Waals surface area contributed by atoms with Gasteiger partial charge in [-0.15, -0.1) is 0 Å². The van der Waals surface area contributed by atoms with Crippen LogP contribution >= 0.6 is 0 Å². The van der Waals surface area contributed by atoms with Crippen molar-refractivity contribution in [1.82, 2.24) is 5.32 Å². The molecule has 2 N–H and O–H groups in total. The van der Waals surface area contributed by atoms with Gasteiger partial charge in [0.2, 0.25) is 5.91 Å². The number of aliphatic hydroxyl groups excluding tert-OH is 1. The van der Waals surface area contributed by atoms with Gasteiger partial charge in [0.25, 0.3) is 0 Å². The van der Waals surface area contributed by atoms with Crippen LogP contribution in [0.2, 0.25) is 0 Å². The van der Waals surface area contributed by atoms with E-state index >= 15 is 0 Å². The quantitative estimate of drug-likeness (QED) is 0.340. The van der Waals surface area contributed by atoms with Crippen molar-refractivity contribution < 1.29 is 24.2 Å². The molecule has 4 atom stereocenters. The number of ketones is 1. The molecule has 29 heavy (non-hydrogen) atoms. The predicted octanol–water partition coefficient (Wildman–Crippen LogP) is 3.34. The Hall–Kier alpha value is -1.50. The Morgan fingerprint density at radius 1 is 1.31 bits per heavy atom. The van der Waals surface area contributed by atoms with Gasteiger partial charge in [0, 0.05) is 27.2 Å². The molecule has 0 aromatic rings. The van der Waals surface area contributed by atoms with Crippen molar-refractivity contribution in [3.8, 4) is 0 Å². The van der Waals surface area contributed by atoms with Crippen molar-refractivity contribution in [2.45, 2.75) is 83.5 Å². The van der Waals surface area contributed by atoms with E-state index in [1.807, 2.05) is 6.08 Å². The number of unbranched alkanes of at least 4 members (excludes halogenated alkanes) is 2. The van der Waals surface area contributed by atoms with E-state index in [-0.39, 0.29) is 24.3 Å². The lowest BCUT2D eigenvalue weighted by Gasteiger charge is -2.31. The van der Waals surface area contributed by atoms with Crippen LogP contribution in [-0.2, 0) is 19.1 Å². The molecule has 0 fully saturated rings. The zero-order chi connectivity index (χ0) is 21.6. The SMILES string of the molecule is CCCCC[C@H](C/C=C/CCC(=O)NC[C@H](OC)[C@@H]1C(=O)C(C)=CC[C@@H]1O)OC. The minimum atomic E-state index is -0.776. The van der Waals surface area contributed by atoms with E-state index in [0.29, 0.717) is 24.8 Å². The van der Waals surface area contributed by atoms with Crippen molar-refractivity contribution in [2.24, 2.45) is 5.92 Å². The van der Waals surface area contributed by atoms with Crippen LogP contribution in [0.4, 0.5) is 0 Å². The zero-order valence-electron chi connectivity index (χ0n) is 18.5. The summed E-state index contributed by atoms with van der Waals surface area (Å²) in [7, 11) is 3.25. The number of nitrogens with one attached hydrogen (secondary N) is 1. The Balaban J connectivity index is 2.33. The molecule has 0 unspecified atom stereocenters. The van der Waals surface area contributed by atoms with Gasteiger partial charge in [-0.3, -0.25) is 9.59 Å². The molecule has 1 amide bonds. The molecular formula is C23H39NO5. The topological polar surface area (TPSA) is 84.9 Å². The summed E-state index contributed by atoms with van der Waals surface area (Å²) in [4.78, 5) is 24.5. The molecule has 0 saturated heterocycles. The highest BCUT2D eigenvalue weighted by molar-refractivity contribution is 5.98. The van der Waals surface area contributed by atoms with Gasteiger partial charge < -0.3 is 19.9 Å². The summed E-state index contributed by atoms with van der Waals surface area (Å²) in [5, 5.41) is 13.0. The smallest absolute Gasteiger partial charge is 0.220 e. The number of hydrogen-bond acceptors (Lipinski definition) is 5. The first-order valence-corrected chi connectivity index (χ1v) is 10.8. The molecular weight excluding hydrogens is 370 g/mol. The predicted molar refractivity (Wildman–Crippen MR) is 115 cm³/mol. The van der Waals surface area contributed by atoms with Gasteiger partial charge in [-0.1, -0.05) is 44.4 Å². The molecule has 6 nitrogen and oxygen atoms in total. The Kier molecular flexibility index (Phi) is 12.7. The van der Waals surface area contributed by atoms with Gasteiger partial charge in [-0.2, -0.15) is 0 Å². The van der Waals surface area contributed by atoms with Gasteiger partial charge >= 0.3 is 0 Å². The van der Waals surface area contributed by atoms with E-state index in [2.05, 4.69) is 18.3 Å². The van der Waals surface area contributed by atoms with Crippen molar-refractivity contribution in [3.05, 3.63) is 23.8 Å². The van der Waals surface area contributed by atoms with E-state index in [0.717, 1.165) is 12.8 Å². The third-order valence-electron chi connectivity index (χ3n) is 5.54. The summed E-state index contributed by atoms with van der Waals surface area (Å²) in [5.74, 6) is -0.837. The molecule has 0 bridgehead atoms. The maximum atomic E-state index is 12.3. The maximum Gasteiger partial charge on any atom is 0.220 e. The molecule has 6 heteroatoms. The molecule has 166 valence electrons. The van der Waals surface area contributed by atoms with E-state index in [1.165, 1.54) is 26.4 Å². The number of hydrogen-bond donors (Lipinski definition) is 2. The van der Waals surface area contributed by atoms with Crippen LogP contribution in [-0.4, -0.2) is 55.9 Å². The van der Waals surface area contributed by atoms with E-state index < -0.39 is 18.1 Å². The second-order valence-corrected chi connectivity index (χ2v) is 7.76. The van der Waals surface area contributed by atoms with Crippen molar-refractivity contribution in [2.75, 3.05) is 20.8 Å². The molecule has 1 rings (SSSR count). The molecule has 0 radical (unpaired) electrons. The number of methoxy groups -OCH3 is 2. The zero-order valence-corrected chi connectivity index (χ0v) is 18.5. The van der Waals surface area contributed by atoms with Crippen LogP contribution in [0.5, 0.6) is 0 Å². The first kappa shape index (κ1) is 25.5. The maximum absolute atomic E-state index is 12.3. The number of Topliss-reactive ketones (excluding diaryl/α,β-unsaturated/α-hetero) is 1. The van der Waals surface area contributed by atoms with Gasteiger partial charge in [0.1, 0.15) is 0 Å². The van der Waals surface area contributed by atoms with Crippen LogP contribution < -0.4 is 5.32 Å². The standard InChI is InChI=1S/C23H39NO5/c1-5-6-8-11-18(28-3)12-9-7-10-13-21(26)24-16-20(29-4)22-19(25)15-14-17(2)23(22)27/h7,9,14,18-20,22,25H,5-6,8,10-13,15-16H2,1-4H3,(H,24,26)/b9-7+/t18-,19+,20+,22-/m1/s1. The van der Waals surface area contributed by atoms with Crippen molar-refractivity contribution in [3.63, 3.8) is 0 Å². The highest BCUT2D eigenvalue weighted by atomic mass is 16.5. The molecule has 0 aromatic heterocycles. The Morgan fingerprint density at radius 3 is 2.72 bits per heavy atom. The average Bonchev–Trinajstić information content (AvgIpc) is 2.71. The first-order chi connectivity index (χ1) is 13.9. The number of ether oxygens (including phenoxy) is 2. The summed E-state index contributed by atoms with van der Waals surface area (Å²) >= 11 is 0. The third kappa shape index (κ3) is 9.24. The summed E-state index contributed by atoms with van der Waals surface area (Å²) in [6, 6.07) is 0. The number of allylic oxidation sites excluding steroid dienone is 2. The van der Waals surface area contributed by atoms with Gasteiger partial charge in [-0.25, -0.2) is 0 Å². The first-order valence-electron chi connectivity index (χ1n) is 10.8. The van der Waals surface area contributed by atoms with Crippen molar-refractivity contribution in [1.29, 1.82) is 0 Å². The largest absolute Gasteiger partial charge is 0.392 e. The van der Waals surface area contributed by atoms with E-state index in [1.54, 1.807) is 20.1 Å². The summed E-state index contributed by atoms with van der Waals surface area (Å²) in [6.07, 6.45) is 11.8. The van der Waals surface area contributed by atoms with Crippen LogP contribution in [0.3, 0.4) is 0 Å². The average molecular weight is 410 g/mol. The minimum absolute atomic E-state index is 0.0899. The number of aliphatic hydroxyl groups is 1. The Labute approximate surface area is 175 Å². The monoisotopic (exact) mass is 409 g/mol. The van der Waals surface area contributed by atoms with E-state index in [4.69, 9.17) is 9.47 Å². The summed E-state index contributed by atoms with van der Waals surface area (Å²) in [5.41, 5.74) is 0.642. The van der Waals surface area contributed by atoms with Crippen LogP contribution in [0, 0.1) is 5.92 Å². The normalized spacial score (nSPS) is 21.8. The molecule has 0 saturated carbocycles. The molecule has 0 aromatic carbocycles. The highest BCUT2D eigenvalue weighted by Crippen LogP contribution is 2.25. The molecule has 1 aliphatic rings.